The van der Waals surface area contributed by atoms with Crippen LogP contribution in [0.2, 0.25) is 5.02 Å². The third-order valence-corrected chi connectivity index (χ3v) is 4.07. The van der Waals surface area contributed by atoms with Gasteiger partial charge < -0.3 is 14.8 Å². The molecule has 0 atom stereocenters. The van der Waals surface area contributed by atoms with E-state index in [1.807, 2.05) is 36.4 Å². The van der Waals surface area contributed by atoms with E-state index in [0.29, 0.717) is 18.4 Å². The van der Waals surface area contributed by atoms with E-state index in [4.69, 9.17) is 21.1 Å². The topological polar surface area (TPSA) is 30.5 Å². The average molecular weight is 341 g/mol. The van der Waals surface area contributed by atoms with Crippen molar-refractivity contribution in [3.63, 3.8) is 0 Å². The van der Waals surface area contributed by atoms with Gasteiger partial charge in [-0.2, -0.15) is 0 Å². The predicted molar refractivity (Wildman–Crippen MR) is 79.0 cm³/mol. The molecule has 3 rings (SSSR count). The molecule has 0 saturated heterocycles. The standard InChI is InChI=1S/C14H11BrClNO2/c15-11-6-10(2-3-12(11)16)17-7-9-1-4-13-14(5-9)19-8-18-13/h1-6,17H,7-8H2. The number of ether oxygens (including phenoxy) is 2. The summed E-state index contributed by atoms with van der Waals surface area (Å²) in [5.74, 6) is 1.61. The molecule has 0 saturated carbocycles. The largest absolute Gasteiger partial charge is 0.454 e. The zero-order chi connectivity index (χ0) is 13.2. The molecule has 1 N–H and O–H groups in total. The fourth-order valence-electron chi connectivity index (χ4n) is 1.86. The molecule has 0 aliphatic carbocycles. The molecule has 3 nitrogen and oxygen atoms in total. The first-order chi connectivity index (χ1) is 9.22. The van der Waals surface area contributed by atoms with Crippen LogP contribution in [0.25, 0.3) is 0 Å². The van der Waals surface area contributed by atoms with Gasteiger partial charge in [-0.3, -0.25) is 0 Å². The second-order valence-electron chi connectivity index (χ2n) is 4.17. The lowest BCUT2D eigenvalue weighted by Crippen LogP contribution is -1.99. The Kier molecular flexibility index (Phi) is 3.53. The van der Waals surface area contributed by atoms with Crippen molar-refractivity contribution in [3.05, 3.63) is 51.5 Å². The third-order valence-electron chi connectivity index (χ3n) is 2.85. The van der Waals surface area contributed by atoms with Crippen molar-refractivity contribution in [2.75, 3.05) is 12.1 Å². The summed E-state index contributed by atoms with van der Waals surface area (Å²) in [6.07, 6.45) is 0. The Labute approximate surface area is 124 Å². The molecule has 19 heavy (non-hydrogen) atoms. The molecule has 0 unspecified atom stereocenters. The monoisotopic (exact) mass is 339 g/mol. The highest BCUT2D eigenvalue weighted by molar-refractivity contribution is 9.10. The van der Waals surface area contributed by atoms with Gasteiger partial charge in [-0.05, 0) is 51.8 Å². The number of halogens is 2. The van der Waals surface area contributed by atoms with Crippen molar-refractivity contribution in [2.45, 2.75) is 6.54 Å². The van der Waals surface area contributed by atoms with E-state index < -0.39 is 0 Å². The number of rotatable bonds is 3. The van der Waals surface area contributed by atoms with E-state index in [0.717, 1.165) is 27.2 Å². The fourth-order valence-corrected chi connectivity index (χ4v) is 2.36. The molecule has 98 valence electrons. The van der Waals surface area contributed by atoms with Crippen LogP contribution in [0.1, 0.15) is 5.56 Å². The highest BCUT2D eigenvalue weighted by Gasteiger charge is 2.12. The summed E-state index contributed by atoms with van der Waals surface area (Å²) in [5.41, 5.74) is 2.14. The molecule has 0 spiro atoms. The van der Waals surface area contributed by atoms with E-state index >= 15 is 0 Å². The lowest BCUT2D eigenvalue weighted by Gasteiger charge is -2.08. The second-order valence-corrected chi connectivity index (χ2v) is 5.43. The number of benzene rings is 2. The van der Waals surface area contributed by atoms with Crippen LogP contribution >= 0.6 is 27.5 Å². The summed E-state index contributed by atoms with van der Waals surface area (Å²) in [7, 11) is 0. The van der Waals surface area contributed by atoms with E-state index in [9.17, 15) is 0 Å². The van der Waals surface area contributed by atoms with Crippen molar-refractivity contribution < 1.29 is 9.47 Å². The molecule has 0 bridgehead atoms. The maximum atomic E-state index is 5.96. The van der Waals surface area contributed by atoms with Gasteiger partial charge in [0.2, 0.25) is 6.79 Å². The predicted octanol–water partition coefficient (Wildman–Crippen LogP) is 4.44. The van der Waals surface area contributed by atoms with Crippen molar-refractivity contribution in [2.24, 2.45) is 0 Å². The zero-order valence-corrected chi connectivity index (χ0v) is 12.3. The SMILES string of the molecule is Clc1ccc(NCc2ccc3c(c2)OCO3)cc1Br. The summed E-state index contributed by atoms with van der Waals surface area (Å²) in [5, 5.41) is 4.04. The molecule has 1 heterocycles. The minimum atomic E-state index is 0.302. The smallest absolute Gasteiger partial charge is 0.231 e. The van der Waals surface area contributed by atoms with Crippen molar-refractivity contribution >= 4 is 33.2 Å². The van der Waals surface area contributed by atoms with Gasteiger partial charge in [-0.25, -0.2) is 0 Å². The molecule has 1 aliphatic heterocycles. The molecule has 0 radical (unpaired) electrons. The fraction of sp³-hybridized carbons (Fsp3) is 0.143. The van der Waals surface area contributed by atoms with Gasteiger partial charge in [0.25, 0.3) is 0 Å². The summed E-state index contributed by atoms with van der Waals surface area (Å²) in [6.45, 7) is 1.01. The Morgan fingerprint density at radius 1 is 1.11 bits per heavy atom. The van der Waals surface area contributed by atoms with Crippen molar-refractivity contribution in [3.8, 4) is 11.5 Å². The van der Waals surface area contributed by atoms with Crippen molar-refractivity contribution in [1.29, 1.82) is 0 Å². The Bertz CT molecular complexity index is 618. The van der Waals surface area contributed by atoms with Crippen LogP contribution in [-0.2, 0) is 6.54 Å². The molecule has 1 aliphatic rings. The van der Waals surface area contributed by atoms with Gasteiger partial charge in [-0.1, -0.05) is 17.7 Å². The van der Waals surface area contributed by atoms with Crippen LogP contribution < -0.4 is 14.8 Å². The molecular weight excluding hydrogens is 330 g/mol. The summed E-state index contributed by atoms with van der Waals surface area (Å²) in [6, 6.07) is 11.7. The van der Waals surface area contributed by atoms with Crippen LogP contribution in [0.15, 0.2) is 40.9 Å². The molecular formula is C14H11BrClNO2. The van der Waals surface area contributed by atoms with E-state index in [-0.39, 0.29) is 0 Å². The van der Waals surface area contributed by atoms with Gasteiger partial charge in [0.15, 0.2) is 11.5 Å². The lowest BCUT2D eigenvalue weighted by molar-refractivity contribution is 0.174. The highest BCUT2D eigenvalue weighted by atomic mass is 79.9. The van der Waals surface area contributed by atoms with Crippen LogP contribution in [0.5, 0.6) is 11.5 Å². The number of hydrogen-bond donors (Lipinski definition) is 1. The van der Waals surface area contributed by atoms with Crippen LogP contribution in [0, 0.1) is 0 Å². The van der Waals surface area contributed by atoms with E-state index in [1.165, 1.54) is 0 Å². The lowest BCUT2D eigenvalue weighted by atomic mass is 10.2. The van der Waals surface area contributed by atoms with E-state index in [2.05, 4.69) is 21.2 Å². The molecule has 5 heteroatoms. The van der Waals surface area contributed by atoms with Gasteiger partial charge in [0, 0.05) is 16.7 Å². The quantitative estimate of drug-likeness (QED) is 0.896. The third kappa shape index (κ3) is 2.80. The van der Waals surface area contributed by atoms with Gasteiger partial charge in [0.05, 0.1) is 5.02 Å². The maximum Gasteiger partial charge on any atom is 0.231 e. The van der Waals surface area contributed by atoms with Crippen LogP contribution in [0.4, 0.5) is 5.69 Å². The van der Waals surface area contributed by atoms with Gasteiger partial charge in [0.1, 0.15) is 0 Å². The molecule has 2 aromatic carbocycles. The molecule has 0 fully saturated rings. The minimum Gasteiger partial charge on any atom is -0.454 e. The maximum absolute atomic E-state index is 5.96. The molecule has 2 aromatic rings. The first-order valence-corrected chi connectivity index (χ1v) is 6.97. The van der Waals surface area contributed by atoms with Crippen LogP contribution in [0.3, 0.4) is 0 Å². The van der Waals surface area contributed by atoms with Crippen molar-refractivity contribution in [1.82, 2.24) is 0 Å². The average Bonchev–Trinajstić information content (AvgIpc) is 2.87. The highest BCUT2D eigenvalue weighted by Crippen LogP contribution is 2.33. The van der Waals surface area contributed by atoms with Gasteiger partial charge >= 0.3 is 0 Å². The number of nitrogens with one attached hydrogen (secondary N) is 1. The Morgan fingerprint density at radius 2 is 1.95 bits per heavy atom. The Morgan fingerprint density at radius 3 is 2.79 bits per heavy atom. The minimum absolute atomic E-state index is 0.302. The normalized spacial score (nSPS) is 12.5. The Hall–Kier alpha value is -1.39. The molecule has 0 aromatic heterocycles. The summed E-state index contributed by atoms with van der Waals surface area (Å²) >= 11 is 9.36. The second kappa shape index (κ2) is 5.31. The van der Waals surface area contributed by atoms with Crippen LogP contribution in [-0.4, -0.2) is 6.79 Å². The number of anilines is 1. The van der Waals surface area contributed by atoms with E-state index in [1.54, 1.807) is 0 Å². The number of fused-ring (bicyclic) bond motifs is 1. The summed E-state index contributed by atoms with van der Waals surface area (Å²) < 4.78 is 11.5. The zero-order valence-electron chi connectivity index (χ0n) is 9.95. The molecule has 0 amide bonds. The first kappa shape index (κ1) is 12.6. The number of hydrogen-bond acceptors (Lipinski definition) is 3. The van der Waals surface area contributed by atoms with Gasteiger partial charge in [-0.15, -0.1) is 0 Å². The first-order valence-electron chi connectivity index (χ1n) is 5.80. The summed E-state index contributed by atoms with van der Waals surface area (Å²) in [4.78, 5) is 0. The Balaban J connectivity index is 1.70.